The number of hydrogen-bond donors (Lipinski definition) is 1. The van der Waals surface area contributed by atoms with Gasteiger partial charge in [0, 0.05) is 17.9 Å². The summed E-state index contributed by atoms with van der Waals surface area (Å²) in [7, 11) is 0. The first-order valence-corrected chi connectivity index (χ1v) is 8.96. The summed E-state index contributed by atoms with van der Waals surface area (Å²) < 4.78 is 2.12. The van der Waals surface area contributed by atoms with E-state index in [9.17, 15) is 9.59 Å². The molecule has 1 aliphatic heterocycles. The first-order valence-electron chi connectivity index (χ1n) is 8.17. The van der Waals surface area contributed by atoms with E-state index in [1.165, 1.54) is 4.90 Å². The molecule has 1 N–H and O–H groups in total. The molecule has 0 aliphatic carbocycles. The van der Waals surface area contributed by atoms with Gasteiger partial charge in [0.1, 0.15) is 5.57 Å². The molecule has 1 aromatic carbocycles. The third-order valence-electron chi connectivity index (χ3n) is 4.42. The van der Waals surface area contributed by atoms with E-state index in [-0.39, 0.29) is 10.7 Å². The van der Waals surface area contributed by atoms with Crippen LogP contribution in [0.3, 0.4) is 0 Å². The molecule has 5 nitrogen and oxygen atoms in total. The molecule has 0 unspecified atom stereocenters. The minimum atomic E-state index is -0.510. The molecule has 2 aromatic rings. The number of rotatable bonds is 3. The number of aryl methyl sites for hydroxylation is 1. The molecule has 7 heteroatoms. The second-order valence-corrected chi connectivity index (χ2v) is 6.77. The lowest BCUT2D eigenvalue weighted by molar-refractivity contribution is -0.122. The summed E-state index contributed by atoms with van der Waals surface area (Å²) >= 11 is 11.4. The zero-order chi connectivity index (χ0) is 19.0. The number of thiocarbonyl (C=S) groups is 1. The van der Waals surface area contributed by atoms with E-state index in [0.717, 1.165) is 23.5 Å². The maximum Gasteiger partial charge on any atom is 0.270 e. The van der Waals surface area contributed by atoms with Gasteiger partial charge in [0.05, 0.1) is 10.7 Å². The lowest BCUT2D eigenvalue weighted by Crippen LogP contribution is -2.54. The Balaban J connectivity index is 2.08. The highest BCUT2D eigenvalue weighted by molar-refractivity contribution is 7.80. The van der Waals surface area contributed by atoms with Gasteiger partial charge in [-0.3, -0.25) is 19.8 Å². The SMILES string of the molecule is CCn1c(C)cc(/C=C2\C(=O)NC(=S)N(c3ccccc3Cl)C2=O)c1C. The van der Waals surface area contributed by atoms with Crippen LogP contribution in [0, 0.1) is 13.8 Å². The molecule has 1 saturated heterocycles. The zero-order valence-electron chi connectivity index (χ0n) is 14.7. The predicted molar refractivity (Wildman–Crippen MR) is 107 cm³/mol. The Bertz CT molecular complexity index is 962. The molecule has 2 amide bonds. The molecule has 1 aromatic heterocycles. The van der Waals surface area contributed by atoms with Crippen LogP contribution in [-0.2, 0) is 16.1 Å². The van der Waals surface area contributed by atoms with E-state index >= 15 is 0 Å². The molecule has 0 saturated carbocycles. The van der Waals surface area contributed by atoms with E-state index in [2.05, 4.69) is 9.88 Å². The van der Waals surface area contributed by atoms with Crippen molar-refractivity contribution in [2.75, 3.05) is 4.90 Å². The summed E-state index contributed by atoms with van der Waals surface area (Å²) in [5.41, 5.74) is 3.35. The van der Waals surface area contributed by atoms with Crippen LogP contribution in [-0.4, -0.2) is 21.5 Å². The quantitative estimate of drug-likeness (QED) is 0.497. The number of para-hydroxylation sites is 1. The van der Waals surface area contributed by atoms with Crippen LogP contribution < -0.4 is 10.2 Å². The normalized spacial score (nSPS) is 16.4. The molecule has 0 bridgehead atoms. The van der Waals surface area contributed by atoms with Gasteiger partial charge in [0.2, 0.25) is 0 Å². The first kappa shape index (κ1) is 18.4. The van der Waals surface area contributed by atoms with Crippen molar-refractivity contribution in [2.24, 2.45) is 0 Å². The summed E-state index contributed by atoms with van der Waals surface area (Å²) in [5.74, 6) is -1.00. The number of hydrogen-bond acceptors (Lipinski definition) is 3. The average Bonchev–Trinajstić information content (AvgIpc) is 2.86. The Morgan fingerprint density at radius 3 is 2.54 bits per heavy atom. The molecule has 1 aliphatic rings. The van der Waals surface area contributed by atoms with Crippen LogP contribution in [0.5, 0.6) is 0 Å². The van der Waals surface area contributed by atoms with Gasteiger partial charge in [-0.1, -0.05) is 23.7 Å². The van der Waals surface area contributed by atoms with Crippen molar-refractivity contribution in [3.63, 3.8) is 0 Å². The minimum Gasteiger partial charge on any atom is -0.349 e. The number of amides is 2. The van der Waals surface area contributed by atoms with Gasteiger partial charge in [-0.05, 0) is 62.8 Å². The molecular formula is C19H18ClN3O2S. The highest BCUT2D eigenvalue weighted by Crippen LogP contribution is 2.29. The lowest BCUT2D eigenvalue weighted by atomic mass is 10.1. The third kappa shape index (κ3) is 3.06. The number of nitrogens with zero attached hydrogens (tertiary/aromatic N) is 2. The van der Waals surface area contributed by atoms with Crippen LogP contribution in [0.2, 0.25) is 5.02 Å². The molecule has 0 atom stereocenters. The zero-order valence-corrected chi connectivity index (χ0v) is 16.2. The van der Waals surface area contributed by atoms with Crippen LogP contribution in [0.25, 0.3) is 6.08 Å². The Morgan fingerprint density at radius 2 is 1.92 bits per heavy atom. The fourth-order valence-electron chi connectivity index (χ4n) is 3.13. The molecule has 0 spiro atoms. The number of benzene rings is 1. The standard InChI is InChI=1S/C19H18ClN3O2S/c1-4-22-11(2)9-13(12(22)3)10-14-17(24)21-19(26)23(18(14)25)16-8-6-5-7-15(16)20/h5-10H,4H2,1-3H3,(H,21,24,26)/b14-10+. The Kier molecular flexibility index (Phi) is 4.98. The summed E-state index contributed by atoms with van der Waals surface area (Å²) in [4.78, 5) is 26.7. The summed E-state index contributed by atoms with van der Waals surface area (Å²) in [6, 6.07) is 8.83. The van der Waals surface area contributed by atoms with Gasteiger partial charge in [0.15, 0.2) is 5.11 Å². The molecule has 3 rings (SSSR count). The molecule has 26 heavy (non-hydrogen) atoms. The van der Waals surface area contributed by atoms with Gasteiger partial charge in [0.25, 0.3) is 11.8 Å². The average molecular weight is 388 g/mol. The van der Waals surface area contributed by atoms with Crippen LogP contribution in [0.4, 0.5) is 5.69 Å². The van der Waals surface area contributed by atoms with Crippen molar-refractivity contribution in [3.8, 4) is 0 Å². The van der Waals surface area contributed by atoms with E-state index in [1.807, 2.05) is 26.8 Å². The van der Waals surface area contributed by atoms with Crippen LogP contribution in [0.15, 0.2) is 35.9 Å². The van der Waals surface area contributed by atoms with Gasteiger partial charge < -0.3 is 4.57 Å². The van der Waals surface area contributed by atoms with E-state index < -0.39 is 11.8 Å². The highest BCUT2D eigenvalue weighted by atomic mass is 35.5. The number of nitrogens with one attached hydrogen (secondary N) is 1. The van der Waals surface area contributed by atoms with Crippen molar-refractivity contribution >= 4 is 52.5 Å². The topological polar surface area (TPSA) is 54.3 Å². The minimum absolute atomic E-state index is 0.0179. The van der Waals surface area contributed by atoms with Gasteiger partial charge >= 0.3 is 0 Å². The molecule has 1 fully saturated rings. The van der Waals surface area contributed by atoms with Crippen molar-refractivity contribution in [1.29, 1.82) is 0 Å². The third-order valence-corrected chi connectivity index (χ3v) is 5.03. The molecular weight excluding hydrogens is 370 g/mol. The monoisotopic (exact) mass is 387 g/mol. The maximum absolute atomic E-state index is 13.0. The Labute approximate surface area is 162 Å². The number of halogens is 1. The summed E-state index contributed by atoms with van der Waals surface area (Å²) in [5, 5.41) is 2.97. The fourth-order valence-corrected chi connectivity index (χ4v) is 3.62. The second-order valence-electron chi connectivity index (χ2n) is 5.98. The predicted octanol–water partition coefficient (Wildman–Crippen LogP) is 3.61. The number of anilines is 1. The largest absolute Gasteiger partial charge is 0.349 e. The van der Waals surface area contributed by atoms with Gasteiger partial charge in [-0.15, -0.1) is 0 Å². The summed E-state index contributed by atoms with van der Waals surface area (Å²) in [6.07, 6.45) is 1.61. The molecule has 0 radical (unpaired) electrons. The lowest BCUT2D eigenvalue weighted by Gasteiger charge is -2.29. The highest BCUT2D eigenvalue weighted by Gasteiger charge is 2.35. The summed E-state index contributed by atoms with van der Waals surface area (Å²) in [6.45, 7) is 6.82. The number of carbonyl (C=O) groups excluding carboxylic acids is 2. The van der Waals surface area contributed by atoms with Crippen LogP contribution >= 0.6 is 23.8 Å². The van der Waals surface area contributed by atoms with Gasteiger partial charge in [-0.2, -0.15) is 0 Å². The second kappa shape index (κ2) is 7.05. The molecule has 134 valence electrons. The van der Waals surface area contributed by atoms with Crippen molar-refractivity contribution < 1.29 is 9.59 Å². The Morgan fingerprint density at radius 1 is 1.23 bits per heavy atom. The number of aromatic nitrogens is 1. The first-order chi connectivity index (χ1) is 12.3. The maximum atomic E-state index is 13.0. The van der Waals surface area contributed by atoms with E-state index in [0.29, 0.717) is 10.7 Å². The van der Waals surface area contributed by atoms with Crippen molar-refractivity contribution in [2.45, 2.75) is 27.3 Å². The van der Waals surface area contributed by atoms with Crippen molar-refractivity contribution in [3.05, 3.63) is 57.9 Å². The van der Waals surface area contributed by atoms with Gasteiger partial charge in [-0.25, -0.2) is 0 Å². The van der Waals surface area contributed by atoms with Crippen molar-refractivity contribution in [1.82, 2.24) is 9.88 Å². The molecule has 2 heterocycles. The fraction of sp³-hybridized carbons (Fsp3) is 0.211. The van der Waals surface area contributed by atoms with Crippen LogP contribution in [0.1, 0.15) is 23.9 Å². The van der Waals surface area contributed by atoms with E-state index in [4.69, 9.17) is 23.8 Å². The van der Waals surface area contributed by atoms with E-state index in [1.54, 1.807) is 30.3 Å². The smallest absolute Gasteiger partial charge is 0.270 e. The number of carbonyl (C=O) groups is 2. The Hall–Kier alpha value is -2.44.